The molecule has 0 radical (unpaired) electrons. The number of para-hydroxylation sites is 1. The molecule has 0 bridgehead atoms. The standard InChI is InChI=1S/C14H10ClNO/c15-12(8-17)9-5-6-11-10-3-1-2-4-13(10)16-14(11)7-9/h1-8,12,16H. The molecule has 3 heteroatoms. The zero-order valence-corrected chi connectivity index (χ0v) is 9.74. The Labute approximate surface area is 103 Å². The maximum Gasteiger partial charge on any atom is 0.142 e. The van der Waals surface area contributed by atoms with E-state index >= 15 is 0 Å². The smallest absolute Gasteiger partial charge is 0.142 e. The Morgan fingerprint density at radius 1 is 1.06 bits per heavy atom. The van der Waals surface area contributed by atoms with Crippen molar-refractivity contribution in [1.29, 1.82) is 0 Å². The van der Waals surface area contributed by atoms with Crippen LogP contribution in [0.2, 0.25) is 0 Å². The van der Waals surface area contributed by atoms with Gasteiger partial charge in [0.15, 0.2) is 0 Å². The minimum absolute atomic E-state index is 0.578. The summed E-state index contributed by atoms with van der Waals surface area (Å²) in [5.74, 6) is 0. The lowest BCUT2D eigenvalue weighted by molar-refractivity contribution is -0.107. The van der Waals surface area contributed by atoms with Crippen LogP contribution < -0.4 is 0 Å². The first-order chi connectivity index (χ1) is 8.29. The van der Waals surface area contributed by atoms with Crippen LogP contribution in [0.25, 0.3) is 21.8 Å². The van der Waals surface area contributed by atoms with Gasteiger partial charge in [-0.2, -0.15) is 0 Å². The molecule has 0 saturated carbocycles. The van der Waals surface area contributed by atoms with Crippen molar-refractivity contribution < 1.29 is 4.79 Å². The van der Waals surface area contributed by atoms with E-state index in [-0.39, 0.29) is 0 Å². The molecule has 3 rings (SSSR count). The number of benzene rings is 2. The number of carbonyl (C=O) groups excluding carboxylic acids is 1. The van der Waals surface area contributed by atoms with Crippen molar-refractivity contribution in [3.8, 4) is 0 Å². The maximum absolute atomic E-state index is 10.7. The van der Waals surface area contributed by atoms with Crippen LogP contribution in [0.4, 0.5) is 0 Å². The zero-order valence-electron chi connectivity index (χ0n) is 8.98. The molecule has 84 valence electrons. The van der Waals surface area contributed by atoms with Gasteiger partial charge in [-0.3, -0.25) is 0 Å². The summed E-state index contributed by atoms with van der Waals surface area (Å²) in [6, 6.07) is 13.9. The van der Waals surface area contributed by atoms with E-state index in [2.05, 4.69) is 11.1 Å². The lowest BCUT2D eigenvalue weighted by Gasteiger charge is -2.01. The Bertz CT molecular complexity index is 702. The van der Waals surface area contributed by atoms with Gasteiger partial charge in [-0.25, -0.2) is 0 Å². The number of nitrogens with one attached hydrogen (secondary N) is 1. The van der Waals surface area contributed by atoms with Crippen molar-refractivity contribution in [1.82, 2.24) is 4.98 Å². The van der Waals surface area contributed by atoms with Crippen LogP contribution in [-0.4, -0.2) is 11.3 Å². The Hall–Kier alpha value is -1.80. The number of hydrogen-bond donors (Lipinski definition) is 1. The summed E-state index contributed by atoms with van der Waals surface area (Å²) in [6.07, 6.45) is 0.741. The number of fused-ring (bicyclic) bond motifs is 3. The zero-order chi connectivity index (χ0) is 11.8. The van der Waals surface area contributed by atoms with Gasteiger partial charge in [0.2, 0.25) is 0 Å². The predicted molar refractivity (Wildman–Crippen MR) is 70.5 cm³/mol. The molecular formula is C14H10ClNO. The Morgan fingerprint density at radius 2 is 1.82 bits per heavy atom. The first-order valence-electron chi connectivity index (χ1n) is 5.39. The molecule has 1 unspecified atom stereocenters. The van der Waals surface area contributed by atoms with E-state index in [0.29, 0.717) is 0 Å². The highest BCUT2D eigenvalue weighted by molar-refractivity contribution is 6.27. The van der Waals surface area contributed by atoms with E-state index in [0.717, 1.165) is 28.3 Å². The third kappa shape index (κ3) is 1.61. The largest absolute Gasteiger partial charge is 0.355 e. The molecule has 0 aliphatic carbocycles. The Kier molecular flexibility index (Phi) is 2.37. The number of carbonyl (C=O) groups is 1. The van der Waals surface area contributed by atoms with E-state index in [4.69, 9.17) is 11.6 Å². The molecule has 0 fully saturated rings. The molecule has 1 aromatic heterocycles. The van der Waals surface area contributed by atoms with Crippen LogP contribution in [0.5, 0.6) is 0 Å². The highest BCUT2D eigenvalue weighted by atomic mass is 35.5. The van der Waals surface area contributed by atoms with Crippen molar-refractivity contribution in [3.05, 3.63) is 48.0 Å². The topological polar surface area (TPSA) is 32.9 Å². The van der Waals surface area contributed by atoms with Gasteiger partial charge in [0.25, 0.3) is 0 Å². The Morgan fingerprint density at radius 3 is 2.65 bits per heavy atom. The van der Waals surface area contributed by atoms with Gasteiger partial charge in [0.1, 0.15) is 11.7 Å². The summed E-state index contributed by atoms with van der Waals surface area (Å²) in [5, 5.41) is 1.76. The normalized spacial score (nSPS) is 13.0. The van der Waals surface area contributed by atoms with Gasteiger partial charge in [0.05, 0.1) is 0 Å². The van der Waals surface area contributed by atoms with Crippen molar-refractivity contribution in [2.24, 2.45) is 0 Å². The van der Waals surface area contributed by atoms with Crippen molar-refractivity contribution in [2.45, 2.75) is 5.38 Å². The number of aromatic nitrogens is 1. The fourth-order valence-corrected chi connectivity index (χ4v) is 2.26. The number of aromatic amines is 1. The lowest BCUT2D eigenvalue weighted by atomic mass is 10.1. The van der Waals surface area contributed by atoms with Gasteiger partial charge in [-0.15, -0.1) is 11.6 Å². The van der Waals surface area contributed by atoms with E-state index < -0.39 is 5.38 Å². The summed E-state index contributed by atoms with van der Waals surface area (Å²) >= 11 is 5.91. The van der Waals surface area contributed by atoms with Crippen LogP contribution >= 0.6 is 11.6 Å². The van der Waals surface area contributed by atoms with Crippen LogP contribution in [0.15, 0.2) is 42.5 Å². The fourth-order valence-electron chi connectivity index (χ4n) is 2.12. The van der Waals surface area contributed by atoms with Crippen LogP contribution in [0.3, 0.4) is 0 Å². The minimum Gasteiger partial charge on any atom is -0.355 e. The number of halogens is 1. The summed E-state index contributed by atoms with van der Waals surface area (Å²) in [7, 11) is 0. The van der Waals surface area contributed by atoms with Crippen LogP contribution in [0.1, 0.15) is 10.9 Å². The molecule has 0 aliphatic rings. The molecule has 2 nitrogen and oxygen atoms in total. The molecule has 1 heterocycles. The third-order valence-corrected chi connectivity index (χ3v) is 3.32. The average molecular weight is 244 g/mol. The van der Waals surface area contributed by atoms with E-state index in [1.807, 2.05) is 36.4 Å². The van der Waals surface area contributed by atoms with Crippen molar-refractivity contribution >= 4 is 39.7 Å². The molecule has 2 aromatic carbocycles. The first-order valence-corrected chi connectivity index (χ1v) is 5.83. The van der Waals surface area contributed by atoms with Gasteiger partial charge >= 0.3 is 0 Å². The Balaban J connectivity index is 2.30. The number of rotatable bonds is 2. The second kappa shape index (κ2) is 3.90. The minimum atomic E-state index is -0.578. The summed E-state index contributed by atoms with van der Waals surface area (Å²) in [6.45, 7) is 0. The lowest BCUT2D eigenvalue weighted by Crippen LogP contribution is -1.90. The van der Waals surface area contributed by atoms with Crippen LogP contribution in [-0.2, 0) is 4.79 Å². The number of aldehydes is 1. The SMILES string of the molecule is O=CC(Cl)c1ccc2c(c1)[nH]c1ccccc12. The molecule has 0 aliphatic heterocycles. The first kappa shape index (κ1) is 10.4. The third-order valence-electron chi connectivity index (χ3n) is 2.97. The monoisotopic (exact) mass is 243 g/mol. The van der Waals surface area contributed by atoms with Crippen molar-refractivity contribution in [2.75, 3.05) is 0 Å². The van der Waals surface area contributed by atoms with Gasteiger partial charge in [-0.05, 0) is 17.7 Å². The second-order valence-corrected chi connectivity index (χ2v) is 4.48. The summed E-state index contributed by atoms with van der Waals surface area (Å²) in [4.78, 5) is 14.0. The fraction of sp³-hybridized carbons (Fsp3) is 0.0714. The van der Waals surface area contributed by atoms with Gasteiger partial charge in [-0.1, -0.05) is 30.3 Å². The molecule has 0 amide bonds. The highest BCUT2D eigenvalue weighted by Crippen LogP contribution is 2.28. The molecule has 17 heavy (non-hydrogen) atoms. The summed E-state index contributed by atoms with van der Waals surface area (Å²) in [5.41, 5.74) is 2.92. The highest BCUT2D eigenvalue weighted by Gasteiger charge is 2.09. The average Bonchev–Trinajstić information content (AvgIpc) is 2.75. The summed E-state index contributed by atoms with van der Waals surface area (Å²) < 4.78 is 0. The second-order valence-electron chi connectivity index (χ2n) is 4.01. The van der Waals surface area contributed by atoms with Gasteiger partial charge < -0.3 is 9.78 Å². The molecule has 0 saturated heterocycles. The van der Waals surface area contributed by atoms with E-state index in [1.165, 1.54) is 5.39 Å². The van der Waals surface area contributed by atoms with Crippen molar-refractivity contribution in [3.63, 3.8) is 0 Å². The van der Waals surface area contributed by atoms with Gasteiger partial charge in [0, 0.05) is 21.8 Å². The number of hydrogen-bond acceptors (Lipinski definition) is 1. The number of H-pyrrole nitrogens is 1. The maximum atomic E-state index is 10.7. The molecule has 1 atom stereocenters. The molecular weight excluding hydrogens is 234 g/mol. The van der Waals surface area contributed by atoms with E-state index in [1.54, 1.807) is 0 Å². The molecule has 1 N–H and O–H groups in total. The van der Waals surface area contributed by atoms with Crippen LogP contribution in [0, 0.1) is 0 Å². The molecule has 0 spiro atoms. The molecule has 3 aromatic rings. The predicted octanol–water partition coefficient (Wildman–Crippen LogP) is 3.80. The number of alkyl halides is 1. The quantitative estimate of drug-likeness (QED) is 0.539. The van der Waals surface area contributed by atoms with E-state index in [9.17, 15) is 4.79 Å².